The van der Waals surface area contributed by atoms with E-state index in [9.17, 15) is 4.79 Å². The molecule has 5 nitrogen and oxygen atoms in total. The Morgan fingerprint density at radius 1 is 1.43 bits per heavy atom. The van der Waals surface area contributed by atoms with E-state index < -0.39 is 0 Å². The van der Waals surface area contributed by atoms with Crippen LogP contribution in [0.4, 0.5) is 0 Å². The summed E-state index contributed by atoms with van der Waals surface area (Å²) < 4.78 is 5.39. The number of carbonyl (C=O) groups excluding carboxylic acids is 1. The summed E-state index contributed by atoms with van der Waals surface area (Å²) in [4.78, 5) is 17.2. The van der Waals surface area contributed by atoms with Gasteiger partial charge in [-0.05, 0) is 31.2 Å². The lowest BCUT2D eigenvalue weighted by molar-refractivity contribution is -0.123. The number of ether oxygens (including phenoxy) is 1. The van der Waals surface area contributed by atoms with Crippen LogP contribution in [0.3, 0.4) is 0 Å². The van der Waals surface area contributed by atoms with Gasteiger partial charge in [0.2, 0.25) is 0 Å². The van der Waals surface area contributed by atoms with Gasteiger partial charge >= 0.3 is 0 Å². The average Bonchev–Trinajstić information content (AvgIpc) is 2.89. The standard InChI is InChI=1S/C14H15N3O2S2/c1-9-16-6-12(21-9)7-17-13(18)8-19-11-4-2-10(3-5-11)14(15)20/h2-6H,7-8H2,1H3,(H2,15,20)(H,17,18). The van der Waals surface area contributed by atoms with E-state index >= 15 is 0 Å². The monoisotopic (exact) mass is 321 g/mol. The summed E-state index contributed by atoms with van der Waals surface area (Å²) in [7, 11) is 0. The van der Waals surface area contributed by atoms with Crippen molar-refractivity contribution in [1.29, 1.82) is 0 Å². The molecule has 0 saturated heterocycles. The third kappa shape index (κ3) is 4.80. The maximum absolute atomic E-state index is 11.7. The molecule has 1 amide bonds. The molecular weight excluding hydrogens is 306 g/mol. The highest BCUT2D eigenvalue weighted by molar-refractivity contribution is 7.80. The van der Waals surface area contributed by atoms with Gasteiger partial charge in [0, 0.05) is 16.6 Å². The molecule has 1 aromatic heterocycles. The molecule has 21 heavy (non-hydrogen) atoms. The number of nitrogens with one attached hydrogen (secondary N) is 1. The van der Waals surface area contributed by atoms with Gasteiger partial charge in [0.1, 0.15) is 10.7 Å². The number of hydrogen-bond donors (Lipinski definition) is 2. The normalized spacial score (nSPS) is 10.1. The fraction of sp³-hybridized carbons (Fsp3) is 0.214. The summed E-state index contributed by atoms with van der Waals surface area (Å²) in [5.74, 6) is 0.415. The Labute approximate surface area is 132 Å². The molecule has 0 unspecified atom stereocenters. The van der Waals surface area contributed by atoms with E-state index in [1.807, 2.05) is 6.92 Å². The molecular formula is C14H15N3O2S2. The van der Waals surface area contributed by atoms with Gasteiger partial charge in [-0.15, -0.1) is 11.3 Å². The number of thiazole rings is 1. The van der Waals surface area contributed by atoms with Crippen molar-refractivity contribution in [3.8, 4) is 5.75 Å². The highest BCUT2D eigenvalue weighted by Gasteiger charge is 2.05. The van der Waals surface area contributed by atoms with E-state index in [0.29, 0.717) is 17.3 Å². The van der Waals surface area contributed by atoms with E-state index in [4.69, 9.17) is 22.7 Å². The van der Waals surface area contributed by atoms with E-state index in [1.54, 1.807) is 41.8 Å². The number of amides is 1. The molecule has 0 aliphatic carbocycles. The number of hydrogen-bond acceptors (Lipinski definition) is 5. The van der Waals surface area contributed by atoms with Crippen molar-refractivity contribution < 1.29 is 9.53 Å². The fourth-order valence-corrected chi connectivity index (χ4v) is 2.46. The number of benzene rings is 1. The number of aromatic nitrogens is 1. The van der Waals surface area contributed by atoms with Crippen LogP contribution in [0.25, 0.3) is 0 Å². The van der Waals surface area contributed by atoms with Gasteiger partial charge in [-0.3, -0.25) is 4.79 Å². The van der Waals surface area contributed by atoms with Crippen LogP contribution in [0, 0.1) is 6.92 Å². The number of rotatable bonds is 6. The second-order valence-electron chi connectivity index (χ2n) is 4.30. The number of nitrogens with two attached hydrogens (primary N) is 1. The van der Waals surface area contributed by atoms with Gasteiger partial charge < -0.3 is 15.8 Å². The number of thiocarbonyl (C=S) groups is 1. The van der Waals surface area contributed by atoms with Crippen molar-refractivity contribution in [2.45, 2.75) is 13.5 Å². The van der Waals surface area contributed by atoms with E-state index in [0.717, 1.165) is 15.4 Å². The van der Waals surface area contributed by atoms with E-state index in [1.165, 1.54) is 0 Å². The Morgan fingerprint density at radius 3 is 2.71 bits per heavy atom. The van der Waals surface area contributed by atoms with Gasteiger partial charge in [-0.25, -0.2) is 4.98 Å². The van der Waals surface area contributed by atoms with E-state index in [2.05, 4.69) is 10.3 Å². The highest BCUT2D eigenvalue weighted by Crippen LogP contribution is 2.12. The fourth-order valence-electron chi connectivity index (χ4n) is 1.59. The summed E-state index contributed by atoms with van der Waals surface area (Å²) >= 11 is 6.42. The van der Waals surface area contributed by atoms with Crippen LogP contribution in [0.1, 0.15) is 15.4 Å². The Morgan fingerprint density at radius 2 is 2.14 bits per heavy atom. The number of nitrogens with zero attached hydrogens (tertiary/aromatic N) is 1. The summed E-state index contributed by atoms with van der Waals surface area (Å²) in [5, 5.41) is 3.76. The summed E-state index contributed by atoms with van der Waals surface area (Å²) in [6.07, 6.45) is 1.76. The maximum atomic E-state index is 11.7. The molecule has 0 radical (unpaired) electrons. The lowest BCUT2D eigenvalue weighted by Gasteiger charge is -2.07. The molecule has 110 valence electrons. The lowest BCUT2D eigenvalue weighted by Crippen LogP contribution is -2.28. The molecule has 2 aromatic rings. The zero-order chi connectivity index (χ0) is 15.2. The largest absolute Gasteiger partial charge is 0.484 e. The zero-order valence-electron chi connectivity index (χ0n) is 11.5. The Bertz CT molecular complexity index is 638. The van der Waals surface area contributed by atoms with Crippen LogP contribution in [0.5, 0.6) is 5.75 Å². The molecule has 2 rings (SSSR count). The van der Waals surface area contributed by atoms with Crippen molar-refractivity contribution in [2.24, 2.45) is 5.73 Å². The summed E-state index contributed by atoms with van der Waals surface area (Å²) in [5.41, 5.74) is 6.27. The summed E-state index contributed by atoms with van der Waals surface area (Å²) in [6, 6.07) is 6.98. The van der Waals surface area contributed by atoms with Crippen LogP contribution >= 0.6 is 23.6 Å². The van der Waals surface area contributed by atoms with Crippen LogP contribution in [-0.4, -0.2) is 22.5 Å². The van der Waals surface area contributed by atoms with Gasteiger partial charge in [0.05, 0.1) is 11.6 Å². The smallest absolute Gasteiger partial charge is 0.258 e. The number of aryl methyl sites for hydroxylation is 1. The van der Waals surface area contributed by atoms with E-state index in [-0.39, 0.29) is 12.5 Å². The Balaban J connectivity index is 1.77. The molecule has 0 spiro atoms. The molecule has 0 atom stereocenters. The molecule has 1 heterocycles. The predicted octanol–water partition coefficient (Wildman–Crippen LogP) is 1.78. The van der Waals surface area contributed by atoms with Crippen LogP contribution in [0.2, 0.25) is 0 Å². The molecule has 3 N–H and O–H groups in total. The van der Waals surface area contributed by atoms with Crippen molar-refractivity contribution >= 4 is 34.5 Å². The van der Waals surface area contributed by atoms with Crippen LogP contribution in [0.15, 0.2) is 30.5 Å². The minimum Gasteiger partial charge on any atom is -0.484 e. The quantitative estimate of drug-likeness (QED) is 0.793. The van der Waals surface area contributed by atoms with Crippen LogP contribution in [-0.2, 0) is 11.3 Å². The van der Waals surface area contributed by atoms with Gasteiger partial charge in [0.25, 0.3) is 5.91 Å². The Hall–Kier alpha value is -1.99. The molecule has 0 aliphatic rings. The third-order valence-electron chi connectivity index (χ3n) is 2.64. The highest BCUT2D eigenvalue weighted by atomic mass is 32.1. The second kappa shape index (κ2) is 7.14. The first-order chi connectivity index (χ1) is 10.0. The second-order valence-corrected chi connectivity index (χ2v) is 6.06. The molecule has 7 heteroatoms. The Kier molecular flexibility index (Phi) is 5.24. The van der Waals surface area contributed by atoms with Crippen molar-refractivity contribution in [3.05, 3.63) is 45.9 Å². The molecule has 0 bridgehead atoms. The first-order valence-electron chi connectivity index (χ1n) is 6.25. The first kappa shape index (κ1) is 15.4. The van der Waals surface area contributed by atoms with Crippen molar-refractivity contribution in [3.63, 3.8) is 0 Å². The average molecular weight is 321 g/mol. The zero-order valence-corrected chi connectivity index (χ0v) is 13.1. The van der Waals surface area contributed by atoms with Crippen molar-refractivity contribution in [2.75, 3.05) is 6.61 Å². The van der Waals surface area contributed by atoms with Gasteiger partial charge in [-0.1, -0.05) is 12.2 Å². The molecule has 0 fully saturated rings. The SMILES string of the molecule is Cc1ncc(CNC(=O)COc2ccc(C(N)=S)cc2)s1. The molecule has 0 saturated carbocycles. The topological polar surface area (TPSA) is 77.2 Å². The van der Waals surface area contributed by atoms with Crippen LogP contribution < -0.4 is 15.8 Å². The molecule has 0 aliphatic heterocycles. The van der Waals surface area contributed by atoms with Gasteiger partial charge in [-0.2, -0.15) is 0 Å². The molecule has 1 aromatic carbocycles. The predicted molar refractivity (Wildman–Crippen MR) is 86.5 cm³/mol. The van der Waals surface area contributed by atoms with Gasteiger partial charge in [0.15, 0.2) is 6.61 Å². The summed E-state index contributed by atoms with van der Waals surface area (Å²) in [6.45, 7) is 2.36. The van der Waals surface area contributed by atoms with Crippen molar-refractivity contribution in [1.82, 2.24) is 10.3 Å². The first-order valence-corrected chi connectivity index (χ1v) is 7.48. The minimum atomic E-state index is -0.181. The third-order valence-corrected chi connectivity index (χ3v) is 3.79. The minimum absolute atomic E-state index is 0.0375. The lowest BCUT2D eigenvalue weighted by atomic mass is 10.2. The maximum Gasteiger partial charge on any atom is 0.258 e. The number of carbonyl (C=O) groups is 1.